The van der Waals surface area contributed by atoms with Crippen LogP contribution >= 0.6 is 0 Å². The van der Waals surface area contributed by atoms with Gasteiger partial charge < -0.3 is 0 Å². The lowest BCUT2D eigenvalue weighted by Crippen LogP contribution is -2.08. The summed E-state index contributed by atoms with van der Waals surface area (Å²) in [5, 5.41) is 0. The van der Waals surface area contributed by atoms with Crippen LogP contribution in [0.2, 0.25) is 0 Å². The smallest absolute Gasteiger partial charge is 0.0354 e. The summed E-state index contributed by atoms with van der Waals surface area (Å²) >= 11 is 0. The summed E-state index contributed by atoms with van der Waals surface area (Å²) in [5.41, 5.74) is 2.58. The van der Waals surface area contributed by atoms with Gasteiger partial charge in [0.2, 0.25) is 0 Å². The van der Waals surface area contributed by atoms with Crippen molar-refractivity contribution in [1.29, 1.82) is 0 Å². The molecule has 1 aromatic carbocycles. The van der Waals surface area contributed by atoms with E-state index in [2.05, 4.69) is 66.8 Å². The number of benzene rings is 1. The van der Waals surface area contributed by atoms with Crippen molar-refractivity contribution < 1.29 is 0 Å². The van der Waals surface area contributed by atoms with Crippen LogP contribution in [-0.2, 0) is 0 Å². The van der Waals surface area contributed by atoms with E-state index in [0.29, 0.717) is 0 Å². The van der Waals surface area contributed by atoms with Crippen LogP contribution in [0, 0.1) is 24.7 Å². The fourth-order valence-corrected chi connectivity index (χ4v) is 2.13. The lowest BCUT2D eigenvalue weighted by Gasteiger charge is -2.22. The Labute approximate surface area is 197 Å². The molecule has 0 heterocycles. The van der Waals surface area contributed by atoms with Gasteiger partial charge in [-0.1, -0.05) is 140 Å². The van der Waals surface area contributed by atoms with E-state index in [4.69, 9.17) is 0 Å². The molecule has 3 saturated carbocycles. The van der Waals surface area contributed by atoms with E-state index < -0.39 is 0 Å². The molecule has 0 atom stereocenters. The standard InChI is InChI=1S/C7H8.C6H12.2C5H10.2C4H8/c1-7-5-3-2-4-6-7;1-2-6-4-3-5-6;1-2-5-3-4-5;1-4-5(2)3;1-4-2-3-4;1-3-4-2/h2-6H,1H3;6H,2-5H2,1H3;5H,2-4H2,1H3;2,4H2,1,3H3;4H,2-3H2,1H3;3H,1,4H2,2H3. The molecule has 0 aromatic heterocycles. The molecule has 0 spiro atoms. The van der Waals surface area contributed by atoms with Crippen molar-refractivity contribution in [2.75, 3.05) is 0 Å². The number of hydrogen-bond donors (Lipinski definition) is 0. The van der Waals surface area contributed by atoms with Gasteiger partial charge in [-0.15, -0.1) is 13.2 Å². The Bertz CT molecular complexity index is 483. The molecule has 0 unspecified atom stereocenters. The lowest BCUT2D eigenvalue weighted by molar-refractivity contribution is 0.307. The summed E-state index contributed by atoms with van der Waals surface area (Å²) in [6.07, 6.45) is 17.4. The molecule has 0 amide bonds. The third-order valence-electron chi connectivity index (χ3n) is 5.78. The van der Waals surface area contributed by atoms with Crippen LogP contribution in [0.15, 0.2) is 55.1 Å². The largest absolute Gasteiger partial charge is 0.103 e. The Morgan fingerprint density at radius 1 is 0.871 bits per heavy atom. The highest BCUT2D eigenvalue weighted by molar-refractivity contribution is 5.11. The molecule has 3 fully saturated rings. The number of aryl methyl sites for hydroxylation is 1. The van der Waals surface area contributed by atoms with Crippen LogP contribution in [0.25, 0.3) is 0 Å². The van der Waals surface area contributed by atoms with E-state index in [0.717, 1.165) is 30.6 Å². The Hall–Kier alpha value is -1.30. The Morgan fingerprint density at radius 2 is 1.26 bits per heavy atom. The Kier molecular flexibility index (Phi) is 24.0. The van der Waals surface area contributed by atoms with Crippen LogP contribution in [0.5, 0.6) is 0 Å². The van der Waals surface area contributed by atoms with Crippen molar-refractivity contribution in [3.05, 3.63) is 60.7 Å². The number of rotatable bonds is 4. The first-order valence-electron chi connectivity index (χ1n) is 13.1. The summed E-state index contributed by atoms with van der Waals surface area (Å²) in [5.74, 6) is 3.33. The Morgan fingerprint density at radius 3 is 1.32 bits per heavy atom. The second kappa shape index (κ2) is 23.4. The molecule has 180 valence electrons. The molecular weight excluding hydrogens is 372 g/mol. The van der Waals surface area contributed by atoms with E-state index >= 15 is 0 Å². The average Bonchev–Trinajstić information content (AvgIpc) is 3.66. The minimum Gasteiger partial charge on any atom is -0.103 e. The SMILES string of the molecule is C=C(C)CC.C=CCC.CC1CC1.CCC1CC1.CCC1CCC1.Cc1ccccc1. The van der Waals surface area contributed by atoms with Crippen LogP contribution in [0.3, 0.4) is 0 Å². The molecule has 3 aliphatic rings. The fraction of sp³-hybridized carbons (Fsp3) is 0.677. The molecule has 0 heteroatoms. The fourth-order valence-electron chi connectivity index (χ4n) is 2.13. The van der Waals surface area contributed by atoms with Gasteiger partial charge in [-0.3, -0.25) is 0 Å². The maximum Gasteiger partial charge on any atom is -0.0354 e. The summed E-state index contributed by atoms with van der Waals surface area (Å²) in [7, 11) is 0. The van der Waals surface area contributed by atoms with E-state index in [1.165, 1.54) is 68.9 Å². The van der Waals surface area contributed by atoms with E-state index in [1.807, 2.05) is 31.2 Å². The van der Waals surface area contributed by atoms with Crippen molar-refractivity contribution in [2.24, 2.45) is 17.8 Å². The van der Waals surface area contributed by atoms with E-state index in [1.54, 1.807) is 0 Å². The molecule has 4 rings (SSSR count). The third kappa shape index (κ3) is 31.0. The van der Waals surface area contributed by atoms with Gasteiger partial charge in [0, 0.05) is 0 Å². The maximum absolute atomic E-state index is 3.67. The van der Waals surface area contributed by atoms with Gasteiger partial charge in [0.05, 0.1) is 0 Å². The van der Waals surface area contributed by atoms with Gasteiger partial charge in [-0.05, 0) is 44.4 Å². The van der Waals surface area contributed by atoms with Crippen LogP contribution < -0.4 is 0 Å². The van der Waals surface area contributed by atoms with Gasteiger partial charge >= 0.3 is 0 Å². The monoisotopic (exact) mass is 428 g/mol. The minimum atomic E-state index is 1.08. The summed E-state index contributed by atoms with van der Waals surface area (Å²) in [6, 6.07) is 10.3. The quantitative estimate of drug-likeness (QED) is 0.418. The topological polar surface area (TPSA) is 0 Å². The van der Waals surface area contributed by atoms with Crippen molar-refractivity contribution in [1.82, 2.24) is 0 Å². The minimum absolute atomic E-state index is 1.08. The van der Waals surface area contributed by atoms with Crippen LogP contribution in [0.4, 0.5) is 0 Å². The average molecular weight is 429 g/mol. The van der Waals surface area contributed by atoms with Crippen LogP contribution in [-0.4, -0.2) is 0 Å². The second-order valence-electron chi connectivity index (χ2n) is 9.40. The number of allylic oxidation sites excluding steroid dienone is 2. The molecule has 1 aromatic rings. The van der Waals surface area contributed by atoms with Gasteiger partial charge in [-0.25, -0.2) is 0 Å². The second-order valence-corrected chi connectivity index (χ2v) is 9.40. The van der Waals surface area contributed by atoms with Crippen LogP contribution in [0.1, 0.15) is 118 Å². The first kappa shape index (κ1) is 31.9. The third-order valence-corrected chi connectivity index (χ3v) is 5.78. The highest BCUT2D eigenvalue weighted by Crippen LogP contribution is 2.31. The molecule has 0 radical (unpaired) electrons. The molecule has 0 saturated heterocycles. The van der Waals surface area contributed by atoms with E-state index in [-0.39, 0.29) is 0 Å². The molecular formula is C31H56. The summed E-state index contributed by atoms with van der Waals surface area (Å²) in [6.45, 7) is 22.2. The zero-order valence-corrected chi connectivity index (χ0v) is 22.4. The zero-order chi connectivity index (χ0) is 23.9. The predicted octanol–water partition coefficient (Wildman–Crippen LogP) is 11.0. The van der Waals surface area contributed by atoms with Crippen molar-refractivity contribution in [3.8, 4) is 0 Å². The molecule has 0 nitrogen and oxygen atoms in total. The van der Waals surface area contributed by atoms with Gasteiger partial charge in [-0.2, -0.15) is 0 Å². The first-order valence-corrected chi connectivity index (χ1v) is 13.1. The van der Waals surface area contributed by atoms with Gasteiger partial charge in [0.25, 0.3) is 0 Å². The van der Waals surface area contributed by atoms with Crippen molar-refractivity contribution in [2.45, 2.75) is 119 Å². The van der Waals surface area contributed by atoms with Crippen molar-refractivity contribution >= 4 is 0 Å². The zero-order valence-electron chi connectivity index (χ0n) is 22.4. The summed E-state index contributed by atoms with van der Waals surface area (Å²) in [4.78, 5) is 0. The first-order chi connectivity index (χ1) is 14.8. The molecule has 0 N–H and O–H groups in total. The van der Waals surface area contributed by atoms with Gasteiger partial charge in [0.15, 0.2) is 0 Å². The van der Waals surface area contributed by atoms with E-state index in [9.17, 15) is 0 Å². The highest BCUT2D eigenvalue weighted by atomic mass is 14.2. The predicted molar refractivity (Wildman–Crippen MR) is 146 cm³/mol. The van der Waals surface area contributed by atoms with Gasteiger partial charge in [0.1, 0.15) is 0 Å². The normalized spacial score (nSPS) is 15.7. The molecule has 31 heavy (non-hydrogen) atoms. The molecule has 0 bridgehead atoms. The maximum atomic E-state index is 3.67. The lowest BCUT2D eigenvalue weighted by atomic mass is 9.84. The molecule has 0 aliphatic heterocycles. The molecule has 3 aliphatic carbocycles. The number of hydrogen-bond acceptors (Lipinski definition) is 0. The highest BCUT2D eigenvalue weighted by Gasteiger charge is 2.17. The summed E-state index contributed by atoms with van der Waals surface area (Å²) < 4.78 is 0. The van der Waals surface area contributed by atoms with Crippen molar-refractivity contribution in [3.63, 3.8) is 0 Å². The Balaban J connectivity index is 0.